The minimum absolute atomic E-state index is 0.118. The van der Waals surface area contributed by atoms with Crippen LogP contribution in [0.3, 0.4) is 0 Å². The van der Waals surface area contributed by atoms with E-state index in [-0.39, 0.29) is 11.7 Å². The lowest BCUT2D eigenvalue weighted by atomic mass is 9.93. The summed E-state index contributed by atoms with van der Waals surface area (Å²) in [6, 6.07) is 22.1. The van der Waals surface area contributed by atoms with Gasteiger partial charge in [0.2, 0.25) is 0 Å². The maximum Gasteiger partial charge on any atom is 0.180 e. The van der Waals surface area contributed by atoms with Crippen molar-refractivity contribution in [3.8, 4) is 11.1 Å². The van der Waals surface area contributed by atoms with E-state index >= 15 is 0 Å². The Kier molecular flexibility index (Phi) is 3.98. The van der Waals surface area contributed by atoms with Crippen molar-refractivity contribution < 1.29 is 4.79 Å². The highest BCUT2D eigenvalue weighted by molar-refractivity contribution is 7.12. The van der Waals surface area contributed by atoms with Gasteiger partial charge in [-0.25, -0.2) is 0 Å². The molecular weight excluding hydrogens is 276 g/mol. The summed E-state index contributed by atoms with van der Waals surface area (Å²) < 4.78 is 0. The fourth-order valence-corrected chi connectivity index (χ4v) is 3.38. The Labute approximate surface area is 128 Å². The monoisotopic (exact) mass is 292 g/mol. The molecule has 1 heterocycles. The third kappa shape index (κ3) is 2.81. The van der Waals surface area contributed by atoms with Crippen LogP contribution in [0.25, 0.3) is 11.1 Å². The lowest BCUT2D eigenvalue weighted by molar-refractivity contribution is 0.0970. The molecule has 0 bridgehead atoms. The maximum atomic E-state index is 12.8. The predicted octanol–water partition coefficient (Wildman–Crippen LogP) is 5.40. The number of hydrogen-bond acceptors (Lipinski definition) is 2. The van der Waals surface area contributed by atoms with E-state index in [9.17, 15) is 4.79 Å². The van der Waals surface area contributed by atoms with Crippen molar-refractivity contribution in [3.05, 3.63) is 82.6 Å². The maximum absolute atomic E-state index is 12.8. The number of rotatable bonds is 4. The number of carbonyl (C=O) groups excluding carboxylic acids is 1. The van der Waals surface area contributed by atoms with E-state index in [0.717, 1.165) is 21.6 Å². The third-order valence-corrected chi connectivity index (χ3v) is 4.60. The molecule has 0 radical (unpaired) electrons. The quantitative estimate of drug-likeness (QED) is 0.588. The highest BCUT2D eigenvalue weighted by atomic mass is 32.1. The molecule has 0 spiro atoms. The van der Waals surface area contributed by atoms with E-state index in [1.807, 2.05) is 79.0 Å². The molecule has 0 fully saturated rings. The summed E-state index contributed by atoms with van der Waals surface area (Å²) in [6.45, 7) is 1.98. The van der Waals surface area contributed by atoms with Gasteiger partial charge in [-0.3, -0.25) is 4.79 Å². The average molecular weight is 292 g/mol. The molecule has 0 amide bonds. The molecular formula is C19H16OS. The number of benzene rings is 2. The topological polar surface area (TPSA) is 17.1 Å². The second kappa shape index (κ2) is 6.06. The van der Waals surface area contributed by atoms with Crippen LogP contribution in [0.2, 0.25) is 0 Å². The number of ketones is 1. The zero-order valence-electron chi connectivity index (χ0n) is 11.8. The lowest BCUT2D eigenvalue weighted by Crippen LogP contribution is -2.08. The number of hydrogen-bond donors (Lipinski definition) is 0. The van der Waals surface area contributed by atoms with Gasteiger partial charge in [-0.2, -0.15) is 0 Å². The fraction of sp³-hybridized carbons (Fsp3) is 0.105. The van der Waals surface area contributed by atoms with E-state index in [1.165, 1.54) is 11.3 Å². The summed E-state index contributed by atoms with van der Waals surface area (Å²) in [4.78, 5) is 13.7. The SMILES string of the molecule is CC(C(=O)c1sccc1-c1ccccc1)c1ccccc1. The van der Waals surface area contributed by atoms with Gasteiger partial charge in [0, 0.05) is 11.5 Å². The van der Waals surface area contributed by atoms with Crippen molar-refractivity contribution in [2.24, 2.45) is 0 Å². The number of carbonyl (C=O) groups is 1. The molecule has 21 heavy (non-hydrogen) atoms. The van der Waals surface area contributed by atoms with Gasteiger partial charge < -0.3 is 0 Å². The van der Waals surface area contributed by atoms with Crippen molar-refractivity contribution in [2.75, 3.05) is 0 Å². The van der Waals surface area contributed by atoms with Crippen LogP contribution in [-0.4, -0.2) is 5.78 Å². The van der Waals surface area contributed by atoms with Gasteiger partial charge in [0.05, 0.1) is 4.88 Å². The van der Waals surface area contributed by atoms with Crippen molar-refractivity contribution >= 4 is 17.1 Å². The van der Waals surface area contributed by atoms with Gasteiger partial charge in [-0.05, 0) is 22.6 Å². The molecule has 0 saturated carbocycles. The van der Waals surface area contributed by atoms with Crippen LogP contribution < -0.4 is 0 Å². The largest absolute Gasteiger partial charge is 0.293 e. The summed E-state index contributed by atoms with van der Waals surface area (Å²) in [5.74, 6) is 0.0716. The van der Waals surface area contributed by atoms with Crippen molar-refractivity contribution in [1.29, 1.82) is 0 Å². The summed E-state index contributed by atoms with van der Waals surface area (Å²) in [6.07, 6.45) is 0. The molecule has 0 aliphatic rings. The van der Waals surface area contributed by atoms with E-state index in [2.05, 4.69) is 0 Å². The summed E-state index contributed by atoms with van der Waals surface area (Å²) in [7, 11) is 0. The molecule has 1 unspecified atom stereocenters. The van der Waals surface area contributed by atoms with Crippen LogP contribution in [0.1, 0.15) is 28.1 Å². The van der Waals surface area contributed by atoms with Crippen LogP contribution in [0.5, 0.6) is 0 Å². The number of thiophene rings is 1. The molecule has 1 atom stereocenters. The summed E-state index contributed by atoms with van der Waals surface area (Å²) in [5, 5.41) is 1.99. The van der Waals surface area contributed by atoms with Gasteiger partial charge in [-0.1, -0.05) is 67.6 Å². The van der Waals surface area contributed by atoms with E-state index in [0.29, 0.717) is 0 Å². The van der Waals surface area contributed by atoms with Crippen molar-refractivity contribution in [1.82, 2.24) is 0 Å². The molecule has 0 aliphatic carbocycles. The van der Waals surface area contributed by atoms with Crippen LogP contribution in [0.4, 0.5) is 0 Å². The average Bonchev–Trinajstić information content (AvgIpc) is 3.04. The first-order valence-corrected chi connectivity index (χ1v) is 7.87. The standard InChI is InChI=1S/C19H16OS/c1-14(15-8-4-2-5-9-15)18(20)19-17(12-13-21-19)16-10-6-3-7-11-16/h2-14H,1H3. The Morgan fingerprint density at radius 1 is 0.905 bits per heavy atom. The second-order valence-corrected chi connectivity index (χ2v) is 5.94. The minimum atomic E-state index is -0.118. The first kappa shape index (κ1) is 13.8. The second-order valence-electron chi connectivity index (χ2n) is 5.03. The zero-order valence-corrected chi connectivity index (χ0v) is 12.6. The smallest absolute Gasteiger partial charge is 0.180 e. The van der Waals surface area contributed by atoms with Gasteiger partial charge in [0.25, 0.3) is 0 Å². The molecule has 2 aromatic carbocycles. The third-order valence-electron chi connectivity index (χ3n) is 3.67. The summed E-state index contributed by atoms with van der Waals surface area (Å²) >= 11 is 1.53. The first-order valence-electron chi connectivity index (χ1n) is 6.99. The van der Waals surface area contributed by atoms with Crippen LogP contribution in [-0.2, 0) is 0 Å². The Bertz CT molecular complexity index is 729. The predicted molar refractivity (Wildman–Crippen MR) is 88.9 cm³/mol. The molecule has 1 nitrogen and oxygen atoms in total. The Hall–Kier alpha value is -2.19. The molecule has 0 aliphatic heterocycles. The van der Waals surface area contributed by atoms with Gasteiger partial charge >= 0.3 is 0 Å². The summed E-state index contributed by atoms with van der Waals surface area (Å²) in [5.41, 5.74) is 3.20. The Balaban J connectivity index is 1.95. The highest BCUT2D eigenvalue weighted by Gasteiger charge is 2.21. The number of Topliss-reactive ketones (excluding diaryl/α,β-unsaturated/α-hetero) is 1. The molecule has 2 heteroatoms. The molecule has 1 aromatic heterocycles. The molecule has 0 N–H and O–H groups in total. The van der Waals surface area contributed by atoms with Gasteiger partial charge in [0.1, 0.15) is 0 Å². The van der Waals surface area contributed by atoms with Crippen molar-refractivity contribution in [2.45, 2.75) is 12.8 Å². The lowest BCUT2D eigenvalue weighted by Gasteiger charge is -2.11. The molecule has 3 aromatic rings. The highest BCUT2D eigenvalue weighted by Crippen LogP contribution is 2.32. The van der Waals surface area contributed by atoms with Crippen LogP contribution >= 0.6 is 11.3 Å². The van der Waals surface area contributed by atoms with E-state index in [4.69, 9.17) is 0 Å². The normalized spacial score (nSPS) is 12.0. The fourth-order valence-electron chi connectivity index (χ4n) is 2.43. The van der Waals surface area contributed by atoms with Gasteiger partial charge in [0.15, 0.2) is 5.78 Å². The Morgan fingerprint density at radius 2 is 1.52 bits per heavy atom. The zero-order chi connectivity index (χ0) is 14.7. The van der Waals surface area contributed by atoms with Crippen molar-refractivity contribution in [3.63, 3.8) is 0 Å². The van der Waals surface area contributed by atoms with E-state index < -0.39 is 0 Å². The Morgan fingerprint density at radius 3 is 2.19 bits per heavy atom. The van der Waals surface area contributed by atoms with E-state index in [1.54, 1.807) is 0 Å². The molecule has 104 valence electrons. The van der Waals surface area contributed by atoms with Crippen LogP contribution in [0.15, 0.2) is 72.1 Å². The minimum Gasteiger partial charge on any atom is -0.293 e. The van der Waals surface area contributed by atoms with Gasteiger partial charge in [-0.15, -0.1) is 11.3 Å². The van der Waals surface area contributed by atoms with Crippen LogP contribution in [0, 0.1) is 0 Å². The molecule has 0 saturated heterocycles. The first-order chi connectivity index (χ1) is 10.3. The molecule has 3 rings (SSSR count).